The number of rotatable bonds is 3. The van der Waals surface area contributed by atoms with Crippen molar-refractivity contribution in [1.82, 2.24) is 14.5 Å². The van der Waals surface area contributed by atoms with Crippen molar-refractivity contribution < 1.29 is 4.74 Å². The third kappa shape index (κ3) is 2.87. The van der Waals surface area contributed by atoms with Crippen molar-refractivity contribution in [2.45, 2.75) is 12.6 Å². The molecule has 20 heavy (non-hydrogen) atoms. The molecule has 3 rings (SSSR count). The Morgan fingerprint density at radius 2 is 2.15 bits per heavy atom. The molecule has 0 spiro atoms. The van der Waals surface area contributed by atoms with E-state index in [1.54, 1.807) is 6.20 Å². The molecule has 5 heteroatoms. The van der Waals surface area contributed by atoms with Gasteiger partial charge in [0.1, 0.15) is 11.0 Å². The molecule has 0 N–H and O–H groups in total. The monoisotopic (exact) mass is 291 g/mol. The zero-order valence-electron chi connectivity index (χ0n) is 11.5. The van der Waals surface area contributed by atoms with Crippen molar-refractivity contribution in [1.29, 1.82) is 0 Å². The first-order chi connectivity index (χ1) is 9.74. The molecule has 1 unspecified atom stereocenters. The maximum Gasteiger partial charge on any atom is 0.128 e. The Morgan fingerprint density at radius 3 is 2.85 bits per heavy atom. The lowest BCUT2D eigenvalue weighted by atomic mass is 10.1. The van der Waals surface area contributed by atoms with E-state index in [1.807, 2.05) is 17.7 Å². The van der Waals surface area contributed by atoms with Gasteiger partial charge in [-0.3, -0.25) is 4.90 Å². The van der Waals surface area contributed by atoms with Gasteiger partial charge in [-0.2, -0.15) is 0 Å². The van der Waals surface area contributed by atoms with E-state index in [-0.39, 0.29) is 6.10 Å². The van der Waals surface area contributed by atoms with E-state index in [0.717, 1.165) is 32.1 Å². The first-order valence-corrected chi connectivity index (χ1v) is 7.17. The second kappa shape index (κ2) is 5.95. The highest BCUT2D eigenvalue weighted by atomic mass is 35.5. The van der Waals surface area contributed by atoms with E-state index in [2.05, 4.69) is 34.1 Å². The minimum absolute atomic E-state index is 0.140. The Balaban J connectivity index is 1.68. The third-order valence-electron chi connectivity index (χ3n) is 3.71. The molecule has 1 atom stereocenters. The van der Waals surface area contributed by atoms with E-state index in [1.165, 1.54) is 5.56 Å². The number of halogens is 1. The number of hydrogen-bond acceptors (Lipinski definition) is 3. The molecular formula is C15H18ClN3O. The van der Waals surface area contributed by atoms with E-state index < -0.39 is 0 Å². The average Bonchev–Trinajstić information content (AvgIpc) is 2.81. The SMILES string of the molecule is Cn1c(Cl)cnc1CN1CCOC(c2ccccc2)C1. The van der Waals surface area contributed by atoms with Crippen LogP contribution in [-0.4, -0.2) is 34.1 Å². The second-order valence-electron chi connectivity index (χ2n) is 5.06. The average molecular weight is 292 g/mol. The fraction of sp³-hybridized carbons (Fsp3) is 0.400. The van der Waals surface area contributed by atoms with Crippen molar-refractivity contribution in [2.75, 3.05) is 19.7 Å². The fourth-order valence-electron chi connectivity index (χ4n) is 2.49. The van der Waals surface area contributed by atoms with Gasteiger partial charge in [0.05, 0.1) is 25.5 Å². The van der Waals surface area contributed by atoms with E-state index in [4.69, 9.17) is 16.3 Å². The highest BCUT2D eigenvalue weighted by Gasteiger charge is 2.22. The molecule has 1 fully saturated rings. The minimum atomic E-state index is 0.140. The van der Waals surface area contributed by atoms with Gasteiger partial charge < -0.3 is 9.30 Å². The molecule has 1 aliphatic rings. The zero-order valence-corrected chi connectivity index (χ0v) is 12.3. The molecule has 1 saturated heterocycles. The predicted molar refractivity (Wildman–Crippen MR) is 78.6 cm³/mol. The lowest BCUT2D eigenvalue weighted by molar-refractivity contribution is -0.0338. The van der Waals surface area contributed by atoms with Crippen LogP contribution in [0.5, 0.6) is 0 Å². The highest BCUT2D eigenvalue weighted by molar-refractivity contribution is 6.29. The van der Waals surface area contributed by atoms with Gasteiger partial charge in [0.25, 0.3) is 0 Å². The summed E-state index contributed by atoms with van der Waals surface area (Å²) in [5.74, 6) is 0.990. The van der Waals surface area contributed by atoms with Crippen LogP contribution in [-0.2, 0) is 18.3 Å². The van der Waals surface area contributed by atoms with Crippen LogP contribution >= 0.6 is 11.6 Å². The number of imidazole rings is 1. The van der Waals surface area contributed by atoms with Crippen LogP contribution < -0.4 is 0 Å². The summed E-state index contributed by atoms with van der Waals surface area (Å²) in [4.78, 5) is 6.72. The maximum absolute atomic E-state index is 6.03. The summed E-state index contributed by atoms with van der Waals surface area (Å²) in [6.07, 6.45) is 1.84. The molecule has 0 amide bonds. The van der Waals surface area contributed by atoms with Gasteiger partial charge >= 0.3 is 0 Å². The van der Waals surface area contributed by atoms with Gasteiger partial charge in [0.2, 0.25) is 0 Å². The topological polar surface area (TPSA) is 30.3 Å². The fourth-order valence-corrected chi connectivity index (χ4v) is 2.63. The lowest BCUT2D eigenvalue weighted by Crippen LogP contribution is -2.38. The first-order valence-electron chi connectivity index (χ1n) is 6.79. The van der Waals surface area contributed by atoms with Gasteiger partial charge in [-0.25, -0.2) is 4.98 Å². The molecule has 1 aromatic heterocycles. The quantitative estimate of drug-likeness (QED) is 0.871. The van der Waals surface area contributed by atoms with Crippen molar-refractivity contribution in [3.63, 3.8) is 0 Å². The van der Waals surface area contributed by atoms with Gasteiger partial charge in [-0.05, 0) is 5.56 Å². The van der Waals surface area contributed by atoms with Crippen LogP contribution in [0.2, 0.25) is 5.15 Å². The standard InChI is InChI=1S/C15H18ClN3O/c1-18-14(16)9-17-15(18)11-19-7-8-20-13(10-19)12-5-3-2-4-6-12/h2-6,9,13H,7-8,10-11H2,1H3. The maximum atomic E-state index is 6.03. The van der Waals surface area contributed by atoms with Crippen LogP contribution in [0, 0.1) is 0 Å². The van der Waals surface area contributed by atoms with Crippen LogP contribution in [0.15, 0.2) is 36.5 Å². The van der Waals surface area contributed by atoms with Gasteiger partial charge in [-0.1, -0.05) is 41.9 Å². The van der Waals surface area contributed by atoms with Crippen LogP contribution in [0.1, 0.15) is 17.5 Å². The first kappa shape index (κ1) is 13.6. The summed E-state index contributed by atoms with van der Waals surface area (Å²) >= 11 is 6.03. The Bertz CT molecular complexity index is 570. The third-order valence-corrected chi connectivity index (χ3v) is 4.07. The van der Waals surface area contributed by atoms with E-state index in [0.29, 0.717) is 5.15 Å². The Labute approximate surface area is 123 Å². The Hall–Kier alpha value is -1.36. The van der Waals surface area contributed by atoms with Crippen LogP contribution in [0.4, 0.5) is 0 Å². The summed E-state index contributed by atoms with van der Waals surface area (Å²) in [5, 5.41) is 0.674. The van der Waals surface area contributed by atoms with Crippen molar-refractivity contribution in [3.05, 3.63) is 53.1 Å². The molecule has 106 valence electrons. The summed E-state index contributed by atoms with van der Waals surface area (Å²) in [6, 6.07) is 10.4. The zero-order chi connectivity index (χ0) is 13.9. The molecular weight excluding hydrogens is 274 g/mol. The van der Waals surface area contributed by atoms with Crippen molar-refractivity contribution >= 4 is 11.6 Å². The van der Waals surface area contributed by atoms with Crippen molar-refractivity contribution in [3.8, 4) is 0 Å². The summed E-state index contributed by atoms with van der Waals surface area (Å²) in [5.41, 5.74) is 1.23. The molecule has 1 aliphatic heterocycles. The number of benzene rings is 1. The molecule has 2 heterocycles. The second-order valence-corrected chi connectivity index (χ2v) is 5.45. The molecule has 1 aromatic carbocycles. The molecule has 4 nitrogen and oxygen atoms in total. The normalized spacial score (nSPS) is 20.2. The summed E-state index contributed by atoms with van der Waals surface area (Å²) in [7, 11) is 1.94. The number of ether oxygens (including phenoxy) is 1. The molecule has 0 radical (unpaired) electrons. The van der Waals surface area contributed by atoms with Gasteiger partial charge in [-0.15, -0.1) is 0 Å². The summed E-state index contributed by atoms with van der Waals surface area (Å²) in [6.45, 7) is 3.36. The predicted octanol–water partition coefficient (Wildman–Crippen LogP) is 2.65. The number of morpholine rings is 1. The van der Waals surface area contributed by atoms with Gasteiger partial charge in [0, 0.05) is 20.1 Å². The Kier molecular flexibility index (Phi) is 4.05. The van der Waals surface area contributed by atoms with Crippen molar-refractivity contribution in [2.24, 2.45) is 7.05 Å². The highest BCUT2D eigenvalue weighted by Crippen LogP contribution is 2.23. The number of nitrogens with zero attached hydrogens (tertiary/aromatic N) is 3. The lowest BCUT2D eigenvalue weighted by Gasteiger charge is -2.32. The minimum Gasteiger partial charge on any atom is -0.371 e. The molecule has 0 saturated carbocycles. The summed E-state index contributed by atoms with van der Waals surface area (Å²) < 4.78 is 7.80. The molecule has 2 aromatic rings. The van der Waals surface area contributed by atoms with E-state index >= 15 is 0 Å². The van der Waals surface area contributed by atoms with Crippen LogP contribution in [0.3, 0.4) is 0 Å². The number of aromatic nitrogens is 2. The van der Waals surface area contributed by atoms with E-state index in [9.17, 15) is 0 Å². The number of hydrogen-bond donors (Lipinski definition) is 0. The molecule has 0 bridgehead atoms. The smallest absolute Gasteiger partial charge is 0.128 e. The Morgan fingerprint density at radius 1 is 1.35 bits per heavy atom. The van der Waals surface area contributed by atoms with Crippen LogP contribution in [0.25, 0.3) is 0 Å². The largest absolute Gasteiger partial charge is 0.371 e. The van der Waals surface area contributed by atoms with Gasteiger partial charge in [0.15, 0.2) is 0 Å². The molecule has 0 aliphatic carbocycles.